The molecule has 1 heterocycles. The summed E-state index contributed by atoms with van der Waals surface area (Å²) in [5, 5.41) is 5.12. The summed E-state index contributed by atoms with van der Waals surface area (Å²) < 4.78 is 0. The number of benzene rings is 3. The maximum atomic E-state index is 12.8. The highest BCUT2D eigenvalue weighted by Gasteiger charge is 2.18. The molecule has 3 aromatic carbocycles. The standard InChI is InChI=1S/C21H20N2O/c1-2-23-13-12-16-10-11-17(14-20(16)23)22-21(24)19-9-5-7-15-6-3-4-8-18(15)19/h3-11,14H,2,12-13H2,1H3,(H,22,24). The Balaban J connectivity index is 1.65. The summed E-state index contributed by atoms with van der Waals surface area (Å²) in [4.78, 5) is 15.1. The number of nitrogens with one attached hydrogen (secondary N) is 1. The Hall–Kier alpha value is -2.81. The summed E-state index contributed by atoms with van der Waals surface area (Å²) in [6.07, 6.45) is 1.08. The van der Waals surface area contributed by atoms with Gasteiger partial charge in [0.05, 0.1) is 0 Å². The maximum absolute atomic E-state index is 12.8. The van der Waals surface area contributed by atoms with Gasteiger partial charge in [0, 0.05) is 30.0 Å². The van der Waals surface area contributed by atoms with Crippen molar-refractivity contribution in [3.8, 4) is 0 Å². The van der Waals surface area contributed by atoms with Gasteiger partial charge in [-0.1, -0.05) is 42.5 Å². The second kappa shape index (κ2) is 6.00. The van der Waals surface area contributed by atoms with E-state index in [2.05, 4.69) is 29.3 Å². The predicted molar refractivity (Wildman–Crippen MR) is 99.9 cm³/mol. The lowest BCUT2D eigenvalue weighted by atomic mass is 10.0. The Kier molecular flexibility index (Phi) is 3.69. The van der Waals surface area contributed by atoms with Crippen LogP contribution in [0.5, 0.6) is 0 Å². The predicted octanol–water partition coefficient (Wildman–Crippen LogP) is 4.47. The summed E-state index contributed by atoms with van der Waals surface area (Å²) in [7, 11) is 0. The molecule has 0 spiro atoms. The number of fused-ring (bicyclic) bond motifs is 2. The van der Waals surface area contributed by atoms with E-state index < -0.39 is 0 Å². The minimum absolute atomic E-state index is 0.0622. The van der Waals surface area contributed by atoms with Crippen molar-refractivity contribution in [3.63, 3.8) is 0 Å². The van der Waals surface area contributed by atoms with Crippen LogP contribution in [0.25, 0.3) is 10.8 Å². The zero-order valence-corrected chi connectivity index (χ0v) is 13.8. The zero-order chi connectivity index (χ0) is 16.5. The number of hydrogen-bond acceptors (Lipinski definition) is 2. The molecule has 0 saturated heterocycles. The Labute approximate surface area is 141 Å². The van der Waals surface area contributed by atoms with Gasteiger partial charge in [0.15, 0.2) is 0 Å². The molecule has 0 aliphatic carbocycles. The van der Waals surface area contributed by atoms with Crippen molar-refractivity contribution >= 4 is 28.1 Å². The molecule has 1 aliphatic heterocycles. The minimum Gasteiger partial charge on any atom is -0.371 e. The highest BCUT2D eigenvalue weighted by atomic mass is 16.1. The molecular weight excluding hydrogens is 296 g/mol. The van der Waals surface area contributed by atoms with Gasteiger partial charge < -0.3 is 10.2 Å². The lowest BCUT2D eigenvalue weighted by molar-refractivity contribution is 0.102. The van der Waals surface area contributed by atoms with Crippen LogP contribution in [0, 0.1) is 0 Å². The van der Waals surface area contributed by atoms with Crippen LogP contribution in [0.4, 0.5) is 11.4 Å². The van der Waals surface area contributed by atoms with Crippen LogP contribution in [0.1, 0.15) is 22.8 Å². The third-order valence-corrected chi connectivity index (χ3v) is 4.75. The Morgan fingerprint density at radius 1 is 1.08 bits per heavy atom. The lowest BCUT2D eigenvalue weighted by Gasteiger charge is -2.17. The van der Waals surface area contributed by atoms with Crippen LogP contribution in [0.15, 0.2) is 60.7 Å². The van der Waals surface area contributed by atoms with Crippen molar-refractivity contribution < 1.29 is 4.79 Å². The van der Waals surface area contributed by atoms with E-state index >= 15 is 0 Å². The van der Waals surface area contributed by atoms with Gasteiger partial charge in [0.25, 0.3) is 5.91 Å². The zero-order valence-electron chi connectivity index (χ0n) is 13.8. The first kappa shape index (κ1) is 14.8. The minimum atomic E-state index is -0.0622. The molecule has 0 radical (unpaired) electrons. The van der Waals surface area contributed by atoms with E-state index in [0.29, 0.717) is 5.56 Å². The monoisotopic (exact) mass is 316 g/mol. The van der Waals surface area contributed by atoms with Crippen molar-refractivity contribution in [2.45, 2.75) is 13.3 Å². The average Bonchev–Trinajstić information content (AvgIpc) is 3.03. The van der Waals surface area contributed by atoms with E-state index in [1.807, 2.05) is 48.5 Å². The van der Waals surface area contributed by atoms with Gasteiger partial charge in [-0.15, -0.1) is 0 Å². The lowest BCUT2D eigenvalue weighted by Crippen LogP contribution is -2.19. The van der Waals surface area contributed by atoms with Gasteiger partial charge in [-0.2, -0.15) is 0 Å². The quantitative estimate of drug-likeness (QED) is 0.773. The largest absolute Gasteiger partial charge is 0.371 e. The van der Waals surface area contributed by atoms with E-state index in [-0.39, 0.29) is 5.91 Å². The highest BCUT2D eigenvalue weighted by Crippen LogP contribution is 2.31. The molecule has 0 saturated carbocycles. The molecule has 0 unspecified atom stereocenters. The summed E-state index contributed by atoms with van der Waals surface area (Å²) in [6, 6.07) is 20.0. The van der Waals surface area contributed by atoms with Crippen molar-refractivity contribution in [1.82, 2.24) is 0 Å². The van der Waals surface area contributed by atoms with E-state index in [9.17, 15) is 4.79 Å². The second-order valence-corrected chi connectivity index (χ2v) is 6.15. The molecule has 24 heavy (non-hydrogen) atoms. The van der Waals surface area contributed by atoms with Crippen LogP contribution in [-0.2, 0) is 6.42 Å². The number of carbonyl (C=O) groups excluding carboxylic acids is 1. The molecule has 1 amide bonds. The van der Waals surface area contributed by atoms with Gasteiger partial charge in [0.2, 0.25) is 0 Å². The third-order valence-electron chi connectivity index (χ3n) is 4.75. The first-order valence-electron chi connectivity index (χ1n) is 8.43. The molecule has 120 valence electrons. The highest BCUT2D eigenvalue weighted by molar-refractivity contribution is 6.13. The van der Waals surface area contributed by atoms with Crippen LogP contribution >= 0.6 is 0 Å². The van der Waals surface area contributed by atoms with Crippen molar-refractivity contribution in [1.29, 1.82) is 0 Å². The number of rotatable bonds is 3. The molecule has 0 fully saturated rings. The summed E-state index contributed by atoms with van der Waals surface area (Å²) in [6.45, 7) is 4.22. The topological polar surface area (TPSA) is 32.3 Å². The molecule has 4 rings (SSSR count). The Morgan fingerprint density at radius 3 is 2.79 bits per heavy atom. The average molecular weight is 316 g/mol. The molecule has 3 heteroatoms. The van der Waals surface area contributed by atoms with Gasteiger partial charge in [-0.05, 0) is 47.9 Å². The first-order valence-corrected chi connectivity index (χ1v) is 8.43. The first-order chi connectivity index (χ1) is 11.8. The molecule has 1 aliphatic rings. The molecule has 0 atom stereocenters. The van der Waals surface area contributed by atoms with Crippen LogP contribution < -0.4 is 10.2 Å². The van der Waals surface area contributed by atoms with Crippen LogP contribution in [-0.4, -0.2) is 19.0 Å². The number of nitrogens with zero attached hydrogens (tertiary/aromatic N) is 1. The molecule has 3 nitrogen and oxygen atoms in total. The van der Waals surface area contributed by atoms with Gasteiger partial charge >= 0.3 is 0 Å². The summed E-state index contributed by atoms with van der Waals surface area (Å²) in [5.74, 6) is -0.0622. The number of anilines is 2. The summed E-state index contributed by atoms with van der Waals surface area (Å²) in [5.41, 5.74) is 4.17. The third kappa shape index (κ3) is 2.52. The molecule has 1 N–H and O–H groups in total. The van der Waals surface area contributed by atoms with Gasteiger partial charge in [0.1, 0.15) is 0 Å². The maximum Gasteiger partial charge on any atom is 0.256 e. The summed E-state index contributed by atoms with van der Waals surface area (Å²) >= 11 is 0. The Morgan fingerprint density at radius 2 is 1.92 bits per heavy atom. The number of hydrogen-bond donors (Lipinski definition) is 1. The van der Waals surface area contributed by atoms with E-state index in [4.69, 9.17) is 0 Å². The fraction of sp³-hybridized carbons (Fsp3) is 0.190. The van der Waals surface area contributed by atoms with Crippen LogP contribution in [0.3, 0.4) is 0 Å². The molecular formula is C21H20N2O. The molecule has 0 aromatic heterocycles. The fourth-order valence-electron chi connectivity index (χ4n) is 3.47. The van der Waals surface area contributed by atoms with Crippen molar-refractivity contribution in [3.05, 3.63) is 71.8 Å². The van der Waals surface area contributed by atoms with Crippen LogP contribution in [0.2, 0.25) is 0 Å². The second-order valence-electron chi connectivity index (χ2n) is 6.15. The SMILES string of the molecule is CCN1CCc2ccc(NC(=O)c3cccc4ccccc34)cc21. The molecule has 3 aromatic rings. The van der Waals surface area contributed by atoms with Gasteiger partial charge in [-0.25, -0.2) is 0 Å². The van der Waals surface area contributed by atoms with E-state index in [0.717, 1.165) is 36.0 Å². The van der Waals surface area contributed by atoms with Crippen molar-refractivity contribution in [2.24, 2.45) is 0 Å². The van der Waals surface area contributed by atoms with Gasteiger partial charge in [-0.3, -0.25) is 4.79 Å². The number of amides is 1. The smallest absolute Gasteiger partial charge is 0.256 e. The van der Waals surface area contributed by atoms with E-state index in [1.54, 1.807) is 0 Å². The Bertz CT molecular complexity index is 911. The van der Waals surface area contributed by atoms with Crippen molar-refractivity contribution in [2.75, 3.05) is 23.3 Å². The fourth-order valence-corrected chi connectivity index (χ4v) is 3.47. The van der Waals surface area contributed by atoms with E-state index in [1.165, 1.54) is 11.3 Å². The number of carbonyl (C=O) groups is 1. The number of likely N-dealkylation sites (N-methyl/N-ethyl adjacent to an activating group) is 1. The normalized spacial score (nSPS) is 13.1. The molecule has 0 bridgehead atoms.